The molecule has 0 heterocycles. The molecule has 0 aliphatic carbocycles. The number of nitro benzene ring substituents is 1. The molecule has 0 aliphatic heterocycles. The Bertz CT molecular complexity index is 700. The van der Waals surface area contributed by atoms with Crippen LogP contribution in [0.2, 0.25) is 0 Å². The topological polar surface area (TPSA) is 75.4 Å². The van der Waals surface area contributed by atoms with Gasteiger partial charge in [-0.1, -0.05) is 42.0 Å². The van der Waals surface area contributed by atoms with Crippen LogP contribution in [-0.4, -0.2) is 16.6 Å². The van der Waals surface area contributed by atoms with Crippen molar-refractivity contribution in [1.82, 2.24) is 5.32 Å². The van der Waals surface area contributed by atoms with Gasteiger partial charge in [0.2, 0.25) is 0 Å². The molecular formula is C18H22N2O3. The van der Waals surface area contributed by atoms with Gasteiger partial charge in [-0.2, -0.15) is 0 Å². The molecule has 0 spiro atoms. The second-order valence-electron chi connectivity index (χ2n) is 5.81. The first kappa shape index (κ1) is 17.1. The van der Waals surface area contributed by atoms with Crippen LogP contribution in [0, 0.1) is 24.0 Å². The minimum absolute atomic E-state index is 0.0886. The summed E-state index contributed by atoms with van der Waals surface area (Å²) in [5.41, 5.74) is 3.61. The lowest BCUT2D eigenvalue weighted by Gasteiger charge is -2.19. The Morgan fingerprint density at radius 3 is 2.57 bits per heavy atom. The lowest BCUT2D eigenvalue weighted by molar-refractivity contribution is -0.385. The van der Waals surface area contributed by atoms with Gasteiger partial charge in [0.1, 0.15) is 0 Å². The van der Waals surface area contributed by atoms with Gasteiger partial charge in [-0.25, -0.2) is 0 Å². The quantitative estimate of drug-likeness (QED) is 0.631. The smallest absolute Gasteiger partial charge is 0.272 e. The molecule has 2 N–H and O–H groups in total. The molecule has 2 aromatic carbocycles. The summed E-state index contributed by atoms with van der Waals surface area (Å²) < 4.78 is 0. The molecule has 0 bridgehead atoms. The third kappa shape index (κ3) is 4.15. The molecule has 122 valence electrons. The van der Waals surface area contributed by atoms with Crippen molar-refractivity contribution in [3.05, 3.63) is 74.8 Å². The van der Waals surface area contributed by atoms with Crippen LogP contribution in [0.25, 0.3) is 0 Å². The lowest BCUT2D eigenvalue weighted by atomic mass is 10.0. The van der Waals surface area contributed by atoms with Gasteiger partial charge in [0.15, 0.2) is 0 Å². The second kappa shape index (κ2) is 7.35. The summed E-state index contributed by atoms with van der Waals surface area (Å²) >= 11 is 0. The number of aryl methyl sites for hydroxylation is 1. The van der Waals surface area contributed by atoms with E-state index in [4.69, 9.17) is 0 Å². The van der Waals surface area contributed by atoms with Crippen molar-refractivity contribution in [2.45, 2.75) is 32.9 Å². The Morgan fingerprint density at radius 2 is 1.91 bits per heavy atom. The number of nitrogens with zero attached hydrogens (tertiary/aromatic N) is 1. The van der Waals surface area contributed by atoms with E-state index in [0.717, 1.165) is 16.7 Å². The molecule has 0 fully saturated rings. The Hall–Kier alpha value is -2.24. The molecule has 2 unspecified atom stereocenters. The fourth-order valence-electron chi connectivity index (χ4n) is 2.70. The average Bonchev–Trinajstić information content (AvgIpc) is 2.52. The van der Waals surface area contributed by atoms with Crippen LogP contribution in [-0.2, 0) is 0 Å². The van der Waals surface area contributed by atoms with E-state index in [9.17, 15) is 15.2 Å². The van der Waals surface area contributed by atoms with E-state index in [1.807, 2.05) is 44.2 Å². The molecule has 2 aromatic rings. The maximum atomic E-state index is 11.0. The monoisotopic (exact) mass is 314 g/mol. The molecule has 5 nitrogen and oxygen atoms in total. The van der Waals surface area contributed by atoms with Crippen molar-refractivity contribution in [2.24, 2.45) is 0 Å². The minimum atomic E-state index is -0.614. The summed E-state index contributed by atoms with van der Waals surface area (Å²) in [5.74, 6) is 0. The Morgan fingerprint density at radius 1 is 1.22 bits per heavy atom. The standard InChI is InChI=1S/C18H22N2O3/c1-12-6-4-7-15(10-12)18(21)11-19-14(3)16-8-5-9-17(13(16)2)20(22)23/h4-10,14,18-19,21H,11H2,1-3H3. The van der Waals surface area contributed by atoms with Crippen LogP contribution in [0.3, 0.4) is 0 Å². The van der Waals surface area contributed by atoms with Crippen molar-refractivity contribution < 1.29 is 10.0 Å². The van der Waals surface area contributed by atoms with Crippen molar-refractivity contribution in [3.8, 4) is 0 Å². The number of aliphatic hydroxyl groups is 1. The first-order valence-electron chi connectivity index (χ1n) is 7.62. The van der Waals surface area contributed by atoms with Crippen LogP contribution < -0.4 is 5.32 Å². The highest BCUT2D eigenvalue weighted by atomic mass is 16.6. The van der Waals surface area contributed by atoms with Crippen LogP contribution in [0.5, 0.6) is 0 Å². The van der Waals surface area contributed by atoms with Crippen molar-refractivity contribution >= 4 is 5.69 Å². The van der Waals surface area contributed by atoms with Gasteiger partial charge in [0.05, 0.1) is 11.0 Å². The van der Waals surface area contributed by atoms with Crippen LogP contribution >= 0.6 is 0 Å². The van der Waals surface area contributed by atoms with Gasteiger partial charge < -0.3 is 10.4 Å². The number of aliphatic hydroxyl groups excluding tert-OH is 1. The molecule has 0 aliphatic rings. The average molecular weight is 314 g/mol. The van der Waals surface area contributed by atoms with Gasteiger partial charge in [0, 0.05) is 24.2 Å². The molecule has 0 saturated carbocycles. The highest BCUT2D eigenvalue weighted by Crippen LogP contribution is 2.26. The fourth-order valence-corrected chi connectivity index (χ4v) is 2.70. The molecule has 0 aromatic heterocycles. The maximum Gasteiger partial charge on any atom is 0.272 e. The normalized spacial score (nSPS) is 13.6. The number of rotatable bonds is 6. The molecule has 2 rings (SSSR count). The number of hydrogen-bond donors (Lipinski definition) is 2. The van der Waals surface area contributed by atoms with Gasteiger partial charge in [-0.05, 0) is 31.9 Å². The largest absolute Gasteiger partial charge is 0.387 e. The predicted octanol–water partition coefficient (Wildman–Crippen LogP) is 3.60. The number of nitro groups is 1. The third-order valence-electron chi connectivity index (χ3n) is 4.05. The summed E-state index contributed by atoms with van der Waals surface area (Å²) in [7, 11) is 0. The Labute approximate surface area is 136 Å². The molecule has 0 amide bonds. The molecule has 0 saturated heterocycles. The maximum absolute atomic E-state index is 11.0. The summed E-state index contributed by atoms with van der Waals surface area (Å²) in [6, 6.07) is 12.7. The van der Waals surface area contributed by atoms with Crippen molar-refractivity contribution in [3.63, 3.8) is 0 Å². The fraction of sp³-hybridized carbons (Fsp3) is 0.333. The lowest BCUT2D eigenvalue weighted by Crippen LogP contribution is -2.25. The predicted molar refractivity (Wildman–Crippen MR) is 90.4 cm³/mol. The molecule has 0 radical (unpaired) electrons. The number of hydrogen-bond acceptors (Lipinski definition) is 4. The zero-order valence-corrected chi connectivity index (χ0v) is 13.6. The summed E-state index contributed by atoms with van der Waals surface area (Å²) in [6.07, 6.45) is -0.614. The first-order valence-corrected chi connectivity index (χ1v) is 7.62. The van der Waals surface area contributed by atoms with Gasteiger partial charge in [-0.3, -0.25) is 10.1 Å². The number of benzene rings is 2. The highest BCUT2D eigenvalue weighted by Gasteiger charge is 2.18. The molecular weight excluding hydrogens is 292 g/mol. The summed E-state index contributed by atoms with van der Waals surface area (Å²) in [4.78, 5) is 10.7. The van der Waals surface area contributed by atoms with Crippen molar-refractivity contribution in [1.29, 1.82) is 0 Å². The van der Waals surface area contributed by atoms with Gasteiger partial charge in [0.25, 0.3) is 5.69 Å². The Balaban J connectivity index is 2.06. The highest BCUT2D eigenvalue weighted by molar-refractivity contribution is 5.45. The third-order valence-corrected chi connectivity index (χ3v) is 4.05. The van der Waals surface area contributed by atoms with Gasteiger partial charge >= 0.3 is 0 Å². The Kier molecular flexibility index (Phi) is 5.47. The second-order valence-corrected chi connectivity index (χ2v) is 5.81. The summed E-state index contributed by atoms with van der Waals surface area (Å²) in [5, 5.41) is 24.6. The van der Waals surface area contributed by atoms with Crippen LogP contribution in [0.4, 0.5) is 5.69 Å². The minimum Gasteiger partial charge on any atom is -0.387 e. The van der Waals surface area contributed by atoms with Crippen molar-refractivity contribution in [2.75, 3.05) is 6.54 Å². The number of nitrogens with one attached hydrogen (secondary N) is 1. The molecule has 5 heteroatoms. The van der Waals surface area contributed by atoms with E-state index in [2.05, 4.69) is 5.32 Å². The van der Waals surface area contributed by atoms with E-state index in [1.54, 1.807) is 13.0 Å². The zero-order chi connectivity index (χ0) is 17.0. The SMILES string of the molecule is Cc1cccc(C(O)CNC(C)c2cccc([N+](=O)[O-])c2C)c1. The van der Waals surface area contributed by atoms with E-state index in [-0.39, 0.29) is 16.7 Å². The summed E-state index contributed by atoms with van der Waals surface area (Å²) in [6.45, 7) is 6.06. The van der Waals surface area contributed by atoms with E-state index < -0.39 is 6.10 Å². The van der Waals surface area contributed by atoms with Gasteiger partial charge in [-0.15, -0.1) is 0 Å². The molecule has 2 atom stereocenters. The first-order chi connectivity index (χ1) is 10.9. The van der Waals surface area contributed by atoms with E-state index in [0.29, 0.717) is 12.1 Å². The van der Waals surface area contributed by atoms with E-state index >= 15 is 0 Å². The zero-order valence-electron chi connectivity index (χ0n) is 13.6. The molecule has 23 heavy (non-hydrogen) atoms. The van der Waals surface area contributed by atoms with E-state index in [1.165, 1.54) is 6.07 Å². The van der Waals surface area contributed by atoms with Crippen LogP contribution in [0.15, 0.2) is 42.5 Å². The van der Waals surface area contributed by atoms with Crippen LogP contribution in [0.1, 0.15) is 41.3 Å².